The molecular weight excluding hydrogens is 376 g/mol. The number of hydrogen-bond acceptors (Lipinski definition) is 3. The Bertz CT molecular complexity index is 848. The number of rotatable bonds is 2. The van der Waals surface area contributed by atoms with E-state index in [1.54, 1.807) is 24.3 Å². The zero-order valence-corrected chi connectivity index (χ0v) is 14.6. The standard InChI is InChI=1S/C17H13BrN2O2S/c1-10-4-2-3-5-14(10)20-16(22)13(19-17(20)23)9-11-8-12(18)6-7-15(11)21/h2-9,21H,1H3,(H,19,23). The molecule has 23 heavy (non-hydrogen) atoms. The number of thiocarbonyl (C=S) groups is 1. The van der Waals surface area contributed by atoms with Gasteiger partial charge >= 0.3 is 0 Å². The molecule has 6 heteroatoms. The van der Waals surface area contributed by atoms with E-state index in [4.69, 9.17) is 12.2 Å². The Morgan fingerprint density at radius 1 is 1.26 bits per heavy atom. The summed E-state index contributed by atoms with van der Waals surface area (Å²) in [6, 6.07) is 12.6. The summed E-state index contributed by atoms with van der Waals surface area (Å²) >= 11 is 8.64. The summed E-state index contributed by atoms with van der Waals surface area (Å²) in [4.78, 5) is 14.1. The molecule has 1 aliphatic heterocycles. The van der Waals surface area contributed by atoms with Crippen LogP contribution in [0.25, 0.3) is 6.08 Å². The van der Waals surface area contributed by atoms with E-state index in [-0.39, 0.29) is 11.7 Å². The zero-order valence-electron chi connectivity index (χ0n) is 12.2. The maximum Gasteiger partial charge on any atom is 0.281 e. The number of phenolic OH excluding ortho intramolecular Hbond substituents is 1. The number of phenols is 1. The second-order valence-electron chi connectivity index (χ2n) is 5.12. The minimum absolute atomic E-state index is 0.0931. The van der Waals surface area contributed by atoms with Crippen molar-refractivity contribution in [2.24, 2.45) is 0 Å². The molecule has 2 aromatic carbocycles. The highest BCUT2D eigenvalue weighted by molar-refractivity contribution is 9.10. The van der Waals surface area contributed by atoms with E-state index in [1.807, 2.05) is 31.2 Å². The smallest absolute Gasteiger partial charge is 0.281 e. The quantitative estimate of drug-likeness (QED) is 0.607. The summed E-state index contributed by atoms with van der Waals surface area (Å²) in [7, 11) is 0. The van der Waals surface area contributed by atoms with Crippen molar-refractivity contribution in [2.45, 2.75) is 6.92 Å². The fourth-order valence-electron chi connectivity index (χ4n) is 2.36. The molecule has 1 heterocycles. The van der Waals surface area contributed by atoms with Crippen molar-refractivity contribution in [3.05, 3.63) is 63.8 Å². The van der Waals surface area contributed by atoms with Crippen LogP contribution in [0.2, 0.25) is 0 Å². The van der Waals surface area contributed by atoms with Crippen LogP contribution in [0.4, 0.5) is 5.69 Å². The first-order chi connectivity index (χ1) is 11.0. The van der Waals surface area contributed by atoms with E-state index in [1.165, 1.54) is 4.90 Å². The maximum atomic E-state index is 12.7. The van der Waals surface area contributed by atoms with Crippen molar-refractivity contribution in [1.29, 1.82) is 0 Å². The van der Waals surface area contributed by atoms with Crippen molar-refractivity contribution in [2.75, 3.05) is 4.90 Å². The minimum Gasteiger partial charge on any atom is -0.507 e. The van der Waals surface area contributed by atoms with E-state index in [0.717, 1.165) is 15.7 Å². The van der Waals surface area contributed by atoms with E-state index in [2.05, 4.69) is 21.2 Å². The molecule has 1 amide bonds. The number of aromatic hydroxyl groups is 1. The van der Waals surface area contributed by atoms with Gasteiger partial charge in [-0.25, -0.2) is 0 Å². The lowest BCUT2D eigenvalue weighted by atomic mass is 10.1. The molecule has 0 radical (unpaired) electrons. The van der Waals surface area contributed by atoms with Crippen LogP contribution >= 0.6 is 28.1 Å². The van der Waals surface area contributed by atoms with Gasteiger partial charge in [0.1, 0.15) is 11.4 Å². The van der Waals surface area contributed by atoms with Gasteiger partial charge in [-0.3, -0.25) is 9.69 Å². The van der Waals surface area contributed by atoms with Gasteiger partial charge in [-0.05, 0) is 55.0 Å². The van der Waals surface area contributed by atoms with E-state index in [0.29, 0.717) is 16.4 Å². The molecule has 116 valence electrons. The summed E-state index contributed by atoms with van der Waals surface area (Å²) in [5.41, 5.74) is 2.56. The molecular formula is C17H13BrN2O2S. The number of aryl methyl sites for hydroxylation is 1. The fraction of sp³-hybridized carbons (Fsp3) is 0.0588. The SMILES string of the molecule is Cc1ccccc1N1C(=O)C(=Cc2cc(Br)ccc2O)NC1=S. The first kappa shape index (κ1) is 15.7. The fourth-order valence-corrected chi connectivity index (χ4v) is 3.03. The van der Waals surface area contributed by atoms with Gasteiger partial charge in [0, 0.05) is 10.0 Å². The number of nitrogens with one attached hydrogen (secondary N) is 1. The monoisotopic (exact) mass is 388 g/mol. The number of para-hydroxylation sites is 1. The summed E-state index contributed by atoms with van der Waals surface area (Å²) in [5, 5.41) is 13.2. The molecule has 2 N–H and O–H groups in total. The number of anilines is 1. The van der Waals surface area contributed by atoms with Crippen LogP contribution in [-0.4, -0.2) is 16.1 Å². The molecule has 0 bridgehead atoms. The average Bonchev–Trinajstić information content (AvgIpc) is 2.78. The molecule has 0 aliphatic carbocycles. The Morgan fingerprint density at radius 2 is 2.00 bits per heavy atom. The number of hydrogen-bond donors (Lipinski definition) is 2. The third kappa shape index (κ3) is 3.00. The van der Waals surface area contributed by atoms with Gasteiger partial charge in [0.25, 0.3) is 5.91 Å². The van der Waals surface area contributed by atoms with E-state index in [9.17, 15) is 9.90 Å². The summed E-state index contributed by atoms with van der Waals surface area (Å²) in [6.07, 6.45) is 1.59. The maximum absolute atomic E-state index is 12.7. The number of amides is 1. The van der Waals surface area contributed by atoms with Crippen molar-refractivity contribution in [3.63, 3.8) is 0 Å². The number of benzene rings is 2. The molecule has 1 aliphatic rings. The van der Waals surface area contributed by atoms with Gasteiger partial charge in [0.2, 0.25) is 0 Å². The third-order valence-electron chi connectivity index (χ3n) is 3.52. The van der Waals surface area contributed by atoms with Gasteiger partial charge in [-0.2, -0.15) is 0 Å². The number of carbonyl (C=O) groups is 1. The van der Waals surface area contributed by atoms with Gasteiger partial charge in [0.15, 0.2) is 5.11 Å². The Morgan fingerprint density at radius 3 is 2.74 bits per heavy atom. The number of halogens is 1. The van der Waals surface area contributed by atoms with Crippen LogP contribution in [0.15, 0.2) is 52.6 Å². The predicted molar refractivity (Wildman–Crippen MR) is 98.2 cm³/mol. The molecule has 1 saturated heterocycles. The van der Waals surface area contributed by atoms with Crippen LogP contribution in [-0.2, 0) is 4.79 Å². The second kappa shape index (κ2) is 6.14. The first-order valence-corrected chi connectivity index (χ1v) is 8.09. The lowest BCUT2D eigenvalue weighted by molar-refractivity contribution is -0.113. The van der Waals surface area contributed by atoms with Crippen LogP contribution in [0.3, 0.4) is 0 Å². The lowest BCUT2D eigenvalue weighted by Crippen LogP contribution is -2.30. The highest BCUT2D eigenvalue weighted by Crippen LogP contribution is 2.28. The third-order valence-corrected chi connectivity index (χ3v) is 4.30. The highest BCUT2D eigenvalue weighted by atomic mass is 79.9. The Kier molecular flexibility index (Phi) is 4.19. The molecule has 0 spiro atoms. The minimum atomic E-state index is -0.247. The van der Waals surface area contributed by atoms with Crippen LogP contribution in [0.5, 0.6) is 5.75 Å². The van der Waals surface area contributed by atoms with Gasteiger partial charge in [-0.15, -0.1) is 0 Å². The zero-order chi connectivity index (χ0) is 16.6. The van der Waals surface area contributed by atoms with Crippen molar-refractivity contribution in [3.8, 4) is 5.75 Å². The van der Waals surface area contributed by atoms with Crippen LogP contribution in [0.1, 0.15) is 11.1 Å². The van der Waals surface area contributed by atoms with Gasteiger partial charge in [-0.1, -0.05) is 34.1 Å². The molecule has 1 fully saturated rings. The van der Waals surface area contributed by atoms with Gasteiger partial charge < -0.3 is 10.4 Å². The van der Waals surface area contributed by atoms with Crippen LogP contribution in [0, 0.1) is 6.92 Å². The first-order valence-electron chi connectivity index (χ1n) is 6.88. The molecule has 2 aromatic rings. The Balaban J connectivity index is 2.00. The predicted octanol–water partition coefficient (Wildman–Crippen LogP) is 3.73. The lowest BCUT2D eigenvalue weighted by Gasteiger charge is -2.16. The van der Waals surface area contributed by atoms with Crippen molar-refractivity contribution >= 4 is 50.9 Å². The average molecular weight is 389 g/mol. The second-order valence-corrected chi connectivity index (χ2v) is 6.42. The largest absolute Gasteiger partial charge is 0.507 e. The van der Waals surface area contributed by atoms with Crippen molar-refractivity contribution < 1.29 is 9.90 Å². The van der Waals surface area contributed by atoms with E-state index >= 15 is 0 Å². The van der Waals surface area contributed by atoms with Gasteiger partial charge in [0.05, 0.1) is 5.69 Å². The molecule has 3 rings (SSSR count). The molecule has 0 unspecified atom stereocenters. The Labute approximate surface area is 147 Å². The summed E-state index contributed by atoms with van der Waals surface area (Å²) < 4.78 is 0.811. The summed E-state index contributed by atoms with van der Waals surface area (Å²) in [5.74, 6) is -0.153. The number of carbonyl (C=O) groups excluding carboxylic acids is 1. The topological polar surface area (TPSA) is 52.6 Å². The normalized spacial score (nSPS) is 16.1. The van der Waals surface area contributed by atoms with E-state index < -0.39 is 0 Å². The Hall–Kier alpha value is -2.18. The highest BCUT2D eigenvalue weighted by Gasteiger charge is 2.32. The summed E-state index contributed by atoms with van der Waals surface area (Å²) in [6.45, 7) is 1.92. The number of nitrogens with zero attached hydrogens (tertiary/aromatic N) is 1. The molecule has 0 atom stereocenters. The van der Waals surface area contributed by atoms with Crippen LogP contribution < -0.4 is 10.2 Å². The van der Waals surface area contributed by atoms with Crippen molar-refractivity contribution in [1.82, 2.24) is 5.32 Å². The molecule has 4 nitrogen and oxygen atoms in total. The molecule has 0 aromatic heterocycles. The molecule has 0 saturated carbocycles.